The van der Waals surface area contributed by atoms with Gasteiger partial charge in [0, 0.05) is 39.3 Å². The molecule has 1 aliphatic rings. The second-order valence-corrected chi connectivity index (χ2v) is 5.52. The van der Waals surface area contributed by atoms with Crippen molar-refractivity contribution in [2.45, 2.75) is 13.8 Å². The van der Waals surface area contributed by atoms with Gasteiger partial charge >= 0.3 is 6.03 Å². The molecule has 132 valence electrons. The SMILES string of the molecule is CCN(CC)C(=O)N1CCN(C(=O)CNC(=O)c2ccoc2)CC1. The monoisotopic (exact) mass is 336 g/mol. The van der Waals surface area contributed by atoms with Crippen LogP contribution >= 0.6 is 0 Å². The van der Waals surface area contributed by atoms with Crippen molar-refractivity contribution in [3.05, 3.63) is 24.2 Å². The molecular weight excluding hydrogens is 312 g/mol. The summed E-state index contributed by atoms with van der Waals surface area (Å²) in [6.07, 6.45) is 2.74. The zero-order valence-electron chi connectivity index (χ0n) is 14.2. The van der Waals surface area contributed by atoms with E-state index in [2.05, 4.69) is 5.32 Å². The second kappa shape index (κ2) is 8.37. The summed E-state index contributed by atoms with van der Waals surface area (Å²) in [6, 6.07) is 1.55. The van der Waals surface area contributed by atoms with E-state index >= 15 is 0 Å². The van der Waals surface area contributed by atoms with Gasteiger partial charge in [0.25, 0.3) is 5.91 Å². The van der Waals surface area contributed by atoms with Crippen molar-refractivity contribution < 1.29 is 18.8 Å². The molecule has 2 heterocycles. The average Bonchev–Trinajstić information content (AvgIpc) is 3.15. The van der Waals surface area contributed by atoms with Crippen molar-refractivity contribution in [1.82, 2.24) is 20.0 Å². The predicted molar refractivity (Wildman–Crippen MR) is 87.5 cm³/mol. The molecule has 0 saturated carbocycles. The van der Waals surface area contributed by atoms with Gasteiger partial charge in [-0.2, -0.15) is 0 Å². The molecule has 2 rings (SSSR count). The van der Waals surface area contributed by atoms with Gasteiger partial charge in [-0.25, -0.2) is 4.79 Å². The lowest BCUT2D eigenvalue weighted by molar-refractivity contribution is -0.131. The molecule has 0 radical (unpaired) electrons. The second-order valence-electron chi connectivity index (χ2n) is 5.52. The topological polar surface area (TPSA) is 86.1 Å². The summed E-state index contributed by atoms with van der Waals surface area (Å²) in [4.78, 5) is 41.4. The fourth-order valence-electron chi connectivity index (χ4n) is 2.60. The van der Waals surface area contributed by atoms with E-state index in [0.717, 1.165) is 0 Å². The van der Waals surface area contributed by atoms with Gasteiger partial charge in [0.05, 0.1) is 18.4 Å². The van der Waals surface area contributed by atoms with Crippen LogP contribution in [0.5, 0.6) is 0 Å². The number of hydrogen-bond acceptors (Lipinski definition) is 4. The first-order valence-electron chi connectivity index (χ1n) is 8.18. The molecule has 1 saturated heterocycles. The molecule has 0 aliphatic carbocycles. The molecule has 0 aromatic carbocycles. The van der Waals surface area contributed by atoms with Crippen molar-refractivity contribution in [3.63, 3.8) is 0 Å². The van der Waals surface area contributed by atoms with Crippen LogP contribution in [-0.2, 0) is 4.79 Å². The summed E-state index contributed by atoms with van der Waals surface area (Å²) in [5.41, 5.74) is 0.387. The van der Waals surface area contributed by atoms with Gasteiger partial charge in [-0.3, -0.25) is 9.59 Å². The van der Waals surface area contributed by atoms with Crippen molar-refractivity contribution in [2.24, 2.45) is 0 Å². The van der Waals surface area contributed by atoms with Gasteiger partial charge in [-0.1, -0.05) is 0 Å². The molecule has 1 aromatic heterocycles. The van der Waals surface area contributed by atoms with Crippen molar-refractivity contribution >= 4 is 17.8 Å². The summed E-state index contributed by atoms with van der Waals surface area (Å²) >= 11 is 0. The van der Waals surface area contributed by atoms with E-state index in [1.165, 1.54) is 18.6 Å². The summed E-state index contributed by atoms with van der Waals surface area (Å²) in [5, 5.41) is 2.57. The molecule has 8 nitrogen and oxygen atoms in total. The van der Waals surface area contributed by atoms with Gasteiger partial charge in [0.1, 0.15) is 6.26 Å². The fraction of sp³-hybridized carbons (Fsp3) is 0.562. The first kappa shape index (κ1) is 17.8. The molecule has 1 aromatic rings. The Balaban J connectivity index is 1.76. The van der Waals surface area contributed by atoms with E-state index in [1.54, 1.807) is 14.7 Å². The molecule has 0 spiro atoms. The summed E-state index contributed by atoms with van der Waals surface area (Å²) in [7, 11) is 0. The number of nitrogens with zero attached hydrogens (tertiary/aromatic N) is 3. The quantitative estimate of drug-likeness (QED) is 0.854. The third-order valence-electron chi connectivity index (χ3n) is 4.12. The number of piperazine rings is 1. The lowest BCUT2D eigenvalue weighted by atomic mass is 10.3. The predicted octanol–water partition coefficient (Wildman–Crippen LogP) is 0.615. The lowest BCUT2D eigenvalue weighted by Crippen LogP contribution is -2.55. The molecule has 1 aliphatic heterocycles. The Hall–Kier alpha value is -2.51. The summed E-state index contributed by atoms with van der Waals surface area (Å²) in [5.74, 6) is -0.491. The third-order valence-corrected chi connectivity index (χ3v) is 4.12. The molecule has 0 bridgehead atoms. The minimum absolute atomic E-state index is 0.0142. The third kappa shape index (κ3) is 4.27. The Morgan fingerprint density at radius 2 is 1.75 bits per heavy atom. The van der Waals surface area contributed by atoms with Crippen LogP contribution in [0.2, 0.25) is 0 Å². The van der Waals surface area contributed by atoms with Crippen LogP contribution in [0.1, 0.15) is 24.2 Å². The first-order chi connectivity index (χ1) is 11.6. The Kier molecular flexibility index (Phi) is 6.22. The maximum Gasteiger partial charge on any atom is 0.320 e. The number of rotatable bonds is 5. The number of carbonyl (C=O) groups excluding carboxylic acids is 3. The number of furan rings is 1. The molecule has 1 N–H and O–H groups in total. The maximum atomic E-state index is 12.3. The minimum atomic E-state index is -0.340. The Morgan fingerprint density at radius 1 is 1.12 bits per heavy atom. The maximum absolute atomic E-state index is 12.3. The van der Waals surface area contributed by atoms with E-state index < -0.39 is 0 Å². The van der Waals surface area contributed by atoms with Gasteiger partial charge in [0.2, 0.25) is 5.91 Å². The van der Waals surface area contributed by atoms with Crippen molar-refractivity contribution in [3.8, 4) is 0 Å². The highest BCUT2D eigenvalue weighted by molar-refractivity contribution is 5.96. The van der Waals surface area contributed by atoms with Crippen molar-refractivity contribution in [2.75, 3.05) is 45.8 Å². The minimum Gasteiger partial charge on any atom is -0.472 e. The number of nitrogens with one attached hydrogen (secondary N) is 1. The summed E-state index contributed by atoms with van der Waals surface area (Å²) < 4.78 is 4.83. The largest absolute Gasteiger partial charge is 0.472 e. The molecule has 0 unspecified atom stereocenters. The van der Waals surface area contributed by atoms with Crippen LogP contribution in [-0.4, -0.2) is 78.4 Å². The van der Waals surface area contributed by atoms with Crippen LogP contribution in [0.4, 0.5) is 4.79 Å². The molecule has 4 amide bonds. The Morgan fingerprint density at radius 3 is 2.29 bits per heavy atom. The average molecular weight is 336 g/mol. The van der Waals surface area contributed by atoms with E-state index in [-0.39, 0.29) is 24.4 Å². The van der Waals surface area contributed by atoms with Gasteiger partial charge in [-0.05, 0) is 19.9 Å². The molecule has 1 fully saturated rings. The van der Waals surface area contributed by atoms with E-state index in [1.807, 2.05) is 13.8 Å². The molecular formula is C16H24N4O4. The Bertz CT molecular complexity index is 561. The smallest absolute Gasteiger partial charge is 0.320 e. The first-order valence-corrected chi connectivity index (χ1v) is 8.18. The van der Waals surface area contributed by atoms with Gasteiger partial charge in [-0.15, -0.1) is 0 Å². The van der Waals surface area contributed by atoms with Crippen LogP contribution in [0.3, 0.4) is 0 Å². The molecule has 24 heavy (non-hydrogen) atoms. The van der Waals surface area contributed by atoms with E-state index in [9.17, 15) is 14.4 Å². The molecule has 8 heteroatoms. The van der Waals surface area contributed by atoms with Gasteiger partial charge in [0.15, 0.2) is 0 Å². The Labute approximate surface area is 141 Å². The van der Waals surface area contributed by atoms with E-state index in [0.29, 0.717) is 44.8 Å². The zero-order chi connectivity index (χ0) is 17.5. The zero-order valence-corrected chi connectivity index (χ0v) is 14.2. The van der Waals surface area contributed by atoms with Crippen molar-refractivity contribution in [1.29, 1.82) is 0 Å². The highest BCUT2D eigenvalue weighted by Gasteiger charge is 2.26. The number of amides is 4. The van der Waals surface area contributed by atoms with Crippen LogP contribution in [0, 0.1) is 0 Å². The van der Waals surface area contributed by atoms with E-state index in [4.69, 9.17) is 4.42 Å². The lowest BCUT2D eigenvalue weighted by Gasteiger charge is -2.37. The number of urea groups is 1. The normalized spacial score (nSPS) is 14.4. The molecule has 0 atom stereocenters. The van der Waals surface area contributed by atoms with Crippen LogP contribution in [0.25, 0.3) is 0 Å². The number of hydrogen-bond donors (Lipinski definition) is 1. The van der Waals surface area contributed by atoms with Gasteiger partial charge < -0.3 is 24.4 Å². The van der Waals surface area contributed by atoms with Crippen LogP contribution in [0.15, 0.2) is 23.0 Å². The highest BCUT2D eigenvalue weighted by Crippen LogP contribution is 2.06. The van der Waals surface area contributed by atoms with Crippen LogP contribution < -0.4 is 5.32 Å². The summed E-state index contributed by atoms with van der Waals surface area (Å²) in [6.45, 7) is 7.17. The highest BCUT2D eigenvalue weighted by atomic mass is 16.3. The number of carbonyl (C=O) groups is 3. The standard InChI is InChI=1S/C16H24N4O4/c1-3-18(4-2)16(23)20-8-6-19(7-9-20)14(21)11-17-15(22)13-5-10-24-12-13/h5,10,12H,3-4,6-9,11H2,1-2H3,(H,17,22). The fourth-order valence-corrected chi connectivity index (χ4v) is 2.60.